The number of fused-ring (bicyclic) bond motifs is 3. The van der Waals surface area contributed by atoms with Gasteiger partial charge in [0.2, 0.25) is 0 Å². The van der Waals surface area contributed by atoms with Gasteiger partial charge < -0.3 is 14.6 Å². The minimum Gasteiger partial charge on any atom is -0.396 e. The van der Waals surface area contributed by atoms with Gasteiger partial charge in [0.25, 0.3) is 5.56 Å². The molecule has 2 aromatic heterocycles. The standard InChI is InChI=1S/C17H21ClN4O2/c1-21(2)7-3-8-22-14-5-4-11(18)10-12(14)16-15(17(22)24)13(6-9-23)19-20-16/h4-5,10,23H,3,6-9H2,1-2H3,(H,19,20). The largest absolute Gasteiger partial charge is 0.396 e. The van der Waals surface area contributed by atoms with E-state index in [-0.39, 0.29) is 12.2 Å². The summed E-state index contributed by atoms with van der Waals surface area (Å²) in [4.78, 5) is 15.1. The quantitative estimate of drug-likeness (QED) is 0.714. The predicted molar refractivity (Wildman–Crippen MR) is 96.8 cm³/mol. The molecule has 3 rings (SSSR count). The van der Waals surface area contributed by atoms with Crippen LogP contribution in [0.3, 0.4) is 0 Å². The summed E-state index contributed by atoms with van der Waals surface area (Å²) in [6.45, 7) is 1.48. The van der Waals surface area contributed by atoms with Gasteiger partial charge in [-0.1, -0.05) is 11.6 Å². The molecule has 3 aromatic rings. The fourth-order valence-electron chi connectivity index (χ4n) is 3.04. The van der Waals surface area contributed by atoms with Crippen molar-refractivity contribution in [3.8, 4) is 0 Å². The number of nitrogens with one attached hydrogen (secondary N) is 1. The number of H-pyrrole nitrogens is 1. The summed E-state index contributed by atoms with van der Waals surface area (Å²) >= 11 is 6.15. The lowest BCUT2D eigenvalue weighted by atomic mass is 10.1. The first kappa shape index (κ1) is 17.0. The molecule has 0 fully saturated rings. The van der Waals surface area contributed by atoms with Crippen LogP contribution in [0.2, 0.25) is 5.02 Å². The van der Waals surface area contributed by atoms with Crippen molar-refractivity contribution < 1.29 is 5.11 Å². The smallest absolute Gasteiger partial charge is 0.262 e. The topological polar surface area (TPSA) is 74.2 Å². The van der Waals surface area contributed by atoms with Gasteiger partial charge in [-0.25, -0.2) is 0 Å². The Morgan fingerprint density at radius 2 is 2.17 bits per heavy atom. The second-order valence-corrected chi connectivity index (χ2v) is 6.61. The van der Waals surface area contributed by atoms with Crippen LogP contribution in [0, 0.1) is 0 Å². The normalized spacial score (nSPS) is 11.9. The first-order chi connectivity index (χ1) is 11.5. The summed E-state index contributed by atoms with van der Waals surface area (Å²) in [6.07, 6.45) is 1.23. The maximum absolute atomic E-state index is 13.0. The zero-order chi connectivity index (χ0) is 17.3. The monoisotopic (exact) mass is 348 g/mol. The average Bonchev–Trinajstić information content (AvgIpc) is 2.95. The minimum absolute atomic E-state index is 0.0368. The maximum Gasteiger partial charge on any atom is 0.262 e. The van der Waals surface area contributed by atoms with Gasteiger partial charge in [-0.3, -0.25) is 9.89 Å². The van der Waals surface area contributed by atoms with Crippen molar-refractivity contribution in [3.05, 3.63) is 39.3 Å². The van der Waals surface area contributed by atoms with Crippen molar-refractivity contribution in [2.45, 2.75) is 19.4 Å². The third kappa shape index (κ3) is 3.05. The van der Waals surface area contributed by atoms with E-state index in [9.17, 15) is 9.90 Å². The van der Waals surface area contributed by atoms with Gasteiger partial charge in [0.15, 0.2) is 0 Å². The zero-order valence-electron chi connectivity index (χ0n) is 13.8. The van der Waals surface area contributed by atoms with Gasteiger partial charge in [-0.15, -0.1) is 0 Å². The van der Waals surface area contributed by atoms with Crippen molar-refractivity contribution in [1.82, 2.24) is 19.7 Å². The Morgan fingerprint density at radius 1 is 1.38 bits per heavy atom. The van der Waals surface area contributed by atoms with E-state index < -0.39 is 0 Å². The Morgan fingerprint density at radius 3 is 2.88 bits per heavy atom. The Kier molecular flexibility index (Phi) is 4.89. The molecule has 0 bridgehead atoms. The number of hydrogen-bond acceptors (Lipinski definition) is 4. The highest BCUT2D eigenvalue weighted by atomic mass is 35.5. The number of halogens is 1. The maximum atomic E-state index is 13.0. The molecule has 0 unspecified atom stereocenters. The number of aromatic nitrogens is 3. The molecule has 0 aliphatic carbocycles. The average molecular weight is 349 g/mol. The van der Waals surface area contributed by atoms with Crippen LogP contribution < -0.4 is 5.56 Å². The Balaban J connectivity index is 2.24. The van der Waals surface area contributed by atoms with E-state index in [0.717, 1.165) is 23.9 Å². The van der Waals surface area contributed by atoms with Crippen LogP contribution in [0.4, 0.5) is 0 Å². The van der Waals surface area contributed by atoms with Gasteiger partial charge in [0.05, 0.1) is 16.6 Å². The number of aromatic amines is 1. The van der Waals surface area contributed by atoms with E-state index >= 15 is 0 Å². The zero-order valence-corrected chi connectivity index (χ0v) is 14.6. The fourth-order valence-corrected chi connectivity index (χ4v) is 3.21. The van der Waals surface area contributed by atoms with E-state index in [4.69, 9.17) is 11.6 Å². The van der Waals surface area contributed by atoms with E-state index in [1.54, 1.807) is 10.6 Å². The molecule has 1 aromatic carbocycles. The Labute approximate surface area is 144 Å². The van der Waals surface area contributed by atoms with E-state index in [2.05, 4.69) is 15.1 Å². The molecule has 0 saturated carbocycles. The van der Waals surface area contributed by atoms with E-state index in [0.29, 0.717) is 34.6 Å². The summed E-state index contributed by atoms with van der Waals surface area (Å²) in [6, 6.07) is 5.50. The van der Waals surface area contributed by atoms with Crippen LogP contribution in [-0.2, 0) is 13.0 Å². The minimum atomic E-state index is -0.0734. The van der Waals surface area contributed by atoms with Crippen LogP contribution in [-0.4, -0.2) is 52.0 Å². The predicted octanol–water partition coefficient (Wildman–Crippen LogP) is 2.02. The third-order valence-electron chi connectivity index (χ3n) is 4.15. The van der Waals surface area contributed by atoms with Gasteiger partial charge in [-0.2, -0.15) is 5.10 Å². The lowest BCUT2D eigenvalue weighted by Crippen LogP contribution is -2.24. The van der Waals surface area contributed by atoms with Crippen molar-refractivity contribution in [2.75, 3.05) is 27.2 Å². The van der Waals surface area contributed by atoms with E-state index in [1.807, 2.05) is 26.2 Å². The van der Waals surface area contributed by atoms with Crippen molar-refractivity contribution in [3.63, 3.8) is 0 Å². The SMILES string of the molecule is CN(C)CCCn1c(=O)c2c(CCO)[nH]nc2c2cc(Cl)ccc21. The molecule has 0 radical (unpaired) electrons. The van der Waals surface area contributed by atoms with Crippen LogP contribution in [0.25, 0.3) is 21.8 Å². The first-order valence-corrected chi connectivity index (χ1v) is 8.35. The highest BCUT2D eigenvalue weighted by Gasteiger charge is 2.17. The van der Waals surface area contributed by atoms with Crippen LogP contribution in [0.1, 0.15) is 12.1 Å². The fraction of sp³-hybridized carbons (Fsp3) is 0.412. The van der Waals surface area contributed by atoms with Gasteiger partial charge >= 0.3 is 0 Å². The van der Waals surface area contributed by atoms with Crippen molar-refractivity contribution in [1.29, 1.82) is 0 Å². The Hall–Kier alpha value is -1.89. The summed E-state index contributed by atoms with van der Waals surface area (Å²) in [5.41, 5.74) is 2.04. The molecular formula is C17H21ClN4O2. The van der Waals surface area contributed by atoms with Gasteiger partial charge in [0, 0.05) is 30.0 Å². The molecule has 2 heterocycles. The van der Waals surface area contributed by atoms with Crippen LogP contribution in [0.15, 0.2) is 23.0 Å². The molecule has 0 spiro atoms. The molecule has 0 aliphatic rings. The van der Waals surface area contributed by atoms with E-state index in [1.165, 1.54) is 0 Å². The van der Waals surface area contributed by atoms with Gasteiger partial charge in [0.1, 0.15) is 5.52 Å². The van der Waals surface area contributed by atoms with Gasteiger partial charge in [-0.05, 0) is 45.3 Å². The molecule has 0 aliphatic heterocycles. The Bertz CT molecular complexity index is 930. The summed E-state index contributed by atoms with van der Waals surface area (Å²) in [5, 5.41) is 18.4. The number of aliphatic hydroxyl groups is 1. The molecule has 2 N–H and O–H groups in total. The molecule has 0 atom stereocenters. The highest BCUT2D eigenvalue weighted by Crippen LogP contribution is 2.26. The van der Waals surface area contributed by atoms with Crippen molar-refractivity contribution >= 4 is 33.4 Å². The molecule has 24 heavy (non-hydrogen) atoms. The molecule has 0 amide bonds. The lowest BCUT2D eigenvalue weighted by molar-refractivity contribution is 0.298. The highest BCUT2D eigenvalue weighted by molar-refractivity contribution is 6.31. The molecule has 6 nitrogen and oxygen atoms in total. The number of aryl methyl sites for hydroxylation is 1. The van der Waals surface area contributed by atoms with Crippen LogP contribution in [0.5, 0.6) is 0 Å². The molecular weight excluding hydrogens is 328 g/mol. The second-order valence-electron chi connectivity index (χ2n) is 6.17. The molecule has 7 heteroatoms. The number of aliphatic hydroxyl groups excluding tert-OH is 1. The number of benzene rings is 1. The number of nitrogens with zero attached hydrogens (tertiary/aromatic N) is 3. The summed E-state index contributed by atoms with van der Waals surface area (Å²) in [7, 11) is 4.03. The summed E-state index contributed by atoms with van der Waals surface area (Å²) < 4.78 is 1.79. The molecule has 128 valence electrons. The first-order valence-electron chi connectivity index (χ1n) is 7.97. The molecule has 0 saturated heterocycles. The third-order valence-corrected chi connectivity index (χ3v) is 4.39. The number of hydrogen-bond donors (Lipinski definition) is 2. The van der Waals surface area contributed by atoms with Crippen LogP contribution >= 0.6 is 11.6 Å². The lowest BCUT2D eigenvalue weighted by Gasteiger charge is -2.14. The number of pyridine rings is 1. The number of rotatable bonds is 6. The van der Waals surface area contributed by atoms with Crippen molar-refractivity contribution in [2.24, 2.45) is 0 Å². The second kappa shape index (κ2) is 6.93. The summed E-state index contributed by atoms with van der Waals surface area (Å²) in [5.74, 6) is 0.